The number of ether oxygens (including phenoxy) is 1. The molecule has 0 saturated carbocycles. The van der Waals surface area contributed by atoms with E-state index in [1.54, 1.807) is 20.8 Å². The number of hydrogen-bond acceptors (Lipinski definition) is 5. The van der Waals surface area contributed by atoms with Gasteiger partial charge in [-0.05, 0) is 82.7 Å². The average Bonchev–Trinajstić information content (AvgIpc) is 2.90. The molecular weight excluding hydrogens is 532 g/mol. The fraction of sp³-hybridized carbons (Fsp3) is 0.515. The number of nitrogens with one attached hydrogen (secondary N) is 2. The van der Waals surface area contributed by atoms with Crippen molar-refractivity contribution in [1.29, 1.82) is 0 Å². The second-order valence-electron chi connectivity index (χ2n) is 11.8. The van der Waals surface area contributed by atoms with Crippen molar-refractivity contribution in [3.63, 3.8) is 0 Å². The van der Waals surface area contributed by atoms with Crippen molar-refractivity contribution in [3.05, 3.63) is 64.7 Å². The third kappa shape index (κ3) is 10.8. The Morgan fingerprint density at radius 1 is 0.929 bits per heavy atom. The maximum atomic E-state index is 14.3. The molecule has 0 aliphatic heterocycles. The molecular formula is C33H48N4O5. The number of para-hydroxylation sites is 1. The maximum absolute atomic E-state index is 14.3. The highest BCUT2D eigenvalue weighted by molar-refractivity contribution is 5.99. The third-order valence-electron chi connectivity index (χ3n) is 7.01. The third-order valence-corrected chi connectivity index (χ3v) is 7.01. The minimum Gasteiger partial charge on any atom is -0.444 e. The smallest absolute Gasteiger partial charge is 0.408 e. The monoisotopic (exact) mass is 580 g/mol. The molecule has 0 radical (unpaired) electrons. The molecule has 230 valence electrons. The van der Waals surface area contributed by atoms with Gasteiger partial charge in [0.2, 0.25) is 11.8 Å². The van der Waals surface area contributed by atoms with Gasteiger partial charge in [-0.15, -0.1) is 0 Å². The Balaban J connectivity index is 2.59. The number of carbonyl (C=O) groups excluding carboxylic acids is 4. The van der Waals surface area contributed by atoms with Crippen LogP contribution in [0.3, 0.4) is 0 Å². The van der Waals surface area contributed by atoms with Gasteiger partial charge >= 0.3 is 6.09 Å². The molecule has 2 rings (SSSR count). The van der Waals surface area contributed by atoms with E-state index in [-0.39, 0.29) is 25.3 Å². The van der Waals surface area contributed by atoms with Crippen LogP contribution in [0.5, 0.6) is 0 Å². The zero-order chi connectivity index (χ0) is 31.4. The normalized spacial score (nSPS) is 12.6. The summed E-state index contributed by atoms with van der Waals surface area (Å²) >= 11 is 0. The second-order valence-corrected chi connectivity index (χ2v) is 11.8. The molecule has 2 aromatic carbocycles. The van der Waals surface area contributed by atoms with Gasteiger partial charge in [0.05, 0.1) is 0 Å². The van der Waals surface area contributed by atoms with Crippen LogP contribution < -0.4 is 16.4 Å². The van der Waals surface area contributed by atoms with Gasteiger partial charge in [0.15, 0.2) is 0 Å². The van der Waals surface area contributed by atoms with Gasteiger partial charge in [-0.1, -0.05) is 62.6 Å². The standard InChI is InChI=1S/C33H48N4O5/c1-8-9-10-13-20-37(31(40)27(18-19-28(34)38)36-32(41)42-33(5,6)7)29(25-17-16-22(2)24(4)21-25)30(39)35-26-15-12-11-14-23(26)3/h11-12,14-17,21,27,29H,8-10,13,18-20H2,1-7H3,(H2,34,38)(H,35,39)(H,36,41). The van der Waals surface area contributed by atoms with Crippen LogP contribution in [0.15, 0.2) is 42.5 Å². The molecule has 9 heteroatoms. The van der Waals surface area contributed by atoms with Gasteiger partial charge in [0.25, 0.3) is 5.91 Å². The molecule has 0 heterocycles. The van der Waals surface area contributed by atoms with Crippen molar-refractivity contribution < 1.29 is 23.9 Å². The SMILES string of the molecule is CCCCCCN(C(=O)C(CCC(N)=O)NC(=O)OC(C)(C)C)C(C(=O)Nc1ccccc1C)c1ccc(C)c(C)c1. The van der Waals surface area contributed by atoms with Crippen molar-refractivity contribution in [2.24, 2.45) is 5.73 Å². The fourth-order valence-electron chi connectivity index (χ4n) is 4.59. The summed E-state index contributed by atoms with van der Waals surface area (Å²) in [7, 11) is 0. The summed E-state index contributed by atoms with van der Waals surface area (Å²) in [6.45, 7) is 13.4. The number of primary amides is 1. The molecule has 0 saturated heterocycles. The molecule has 4 amide bonds. The number of nitrogens with zero attached hydrogens (tertiary/aromatic N) is 1. The number of carbonyl (C=O) groups is 4. The van der Waals surface area contributed by atoms with E-state index in [9.17, 15) is 19.2 Å². The summed E-state index contributed by atoms with van der Waals surface area (Å²) in [6, 6.07) is 11.0. The van der Waals surface area contributed by atoms with Gasteiger partial charge in [0, 0.05) is 18.7 Å². The number of rotatable bonds is 14. The first-order valence-electron chi connectivity index (χ1n) is 14.8. The molecule has 0 aliphatic rings. The van der Waals surface area contributed by atoms with E-state index in [0.717, 1.165) is 36.0 Å². The quantitative estimate of drug-likeness (QED) is 0.241. The first-order valence-corrected chi connectivity index (χ1v) is 14.8. The predicted octanol–water partition coefficient (Wildman–Crippen LogP) is 5.86. The summed E-state index contributed by atoms with van der Waals surface area (Å²) in [5.41, 5.74) is 8.85. The Morgan fingerprint density at radius 2 is 1.62 bits per heavy atom. The number of anilines is 1. The fourth-order valence-corrected chi connectivity index (χ4v) is 4.59. The summed E-state index contributed by atoms with van der Waals surface area (Å²) in [5.74, 6) is -1.46. The summed E-state index contributed by atoms with van der Waals surface area (Å²) in [4.78, 5) is 54.4. The van der Waals surface area contributed by atoms with Crippen LogP contribution in [0, 0.1) is 20.8 Å². The minimum atomic E-state index is -1.13. The lowest BCUT2D eigenvalue weighted by Crippen LogP contribution is -2.53. The lowest BCUT2D eigenvalue weighted by molar-refractivity contribution is -0.141. The molecule has 9 nitrogen and oxygen atoms in total. The average molecular weight is 581 g/mol. The minimum absolute atomic E-state index is 0.0298. The van der Waals surface area contributed by atoms with E-state index in [0.29, 0.717) is 17.7 Å². The largest absolute Gasteiger partial charge is 0.444 e. The molecule has 0 spiro atoms. The van der Waals surface area contributed by atoms with Crippen molar-refractivity contribution in [3.8, 4) is 0 Å². The van der Waals surface area contributed by atoms with Crippen molar-refractivity contribution in [2.45, 2.75) is 105 Å². The van der Waals surface area contributed by atoms with Crippen LogP contribution >= 0.6 is 0 Å². The highest BCUT2D eigenvalue weighted by Gasteiger charge is 2.36. The number of hydrogen-bond donors (Lipinski definition) is 3. The van der Waals surface area contributed by atoms with Crippen LogP contribution in [0.1, 0.15) is 94.5 Å². The zero-order valence-corrected chi connectivity index (χ0v) is 26.2. The lowest BCUT2D eigenvalue weighted by Gasteiger charge is -2.35. The van der Waals surface area contributed by atoms with E-state index in [2.05, 4.69) is 17.6 Å². The Hall–Kier alpha value is -3.88. The highest BCUT2D eigenvalue weighted by atomic mass is 16.6. The number of unbranched alkanes of at least 4 members (excludes halogenated alkanes) is 3. The Morgan fingerprint density at radius 3 is 2.21 bits per heavy atom. The van der Waals surface area contributed by atoms with Crippen LogP contribution in [0.25, 0.3) is 0 Å². The first-order chi connectivity index (χ1) is 19.7. The van der Waals surface area contributed by atoms with Crippen molar-refractivity contribution in [1.82, 2.24) is 10.2 Å². The molecule has 0 aliphatic carbocycles. The van der Waals surface area contributed by atoms with Crippen LogP contribution in [-0.4, -0.2) is 46.9 Å². The van der Waals surface area contributed by atoms with Gasteiger partial charge in [-0.25, -0.2) is 4.79 Å². The van der Waals surface area contributed by atoms with Crippen molar-refractivity contribution >= 4 is 29.5 Å². The zero-order valence-electron chi connectivity index (χ0n) is 26.2. The highest BCUT2D eigenvalue weighted by Crippen LogP contribution is 2.28. The van der Waals surface area contributed by atoms with E-state index < -0.39 is 35.6 Å². The molecule has 2 atom stereocenters. The Labute approximate surface area is 250 Å². The van der Waals surface area contributed by atoms with Crippen LogP contribution in [0.4, 0.5) is 10.5 Å². The lowest BCUT2D eigenvalue weighted by atomic mass is 9.97. The molecule has 0 fully saturated rings. The molecule has 0 aromatic heterocycles. The molecule has 4 N–H and O–H groups in total. The number of amides is 4. The van der Waals surface area contributed by atoms with E-state index in [1.807, 2.05) is 63.2 Å². The number of nitrogens with two attached hydrogens (primary N) is 1. The van der Waals surface area contributed by atoms with Gasteiger partial charge in [-0.3, -0.25) is 14.4 Å². The summed E-state index contributed by atoms with van der Waals surface area (Å²) < 4.78 is 5.42. The molecule has 42 heavy (non-hydrogen) atoms. The van der Waals surface area contributed by atoms with Crippen molar-refractivity contribution in [2.75, 3.05) is 11.9 Å². The van der Waals surface area contributed by atoms with E-state index in [1.165, 1.54) is 4.90 Å². The van der Waals surface area contributed by atoms with E-state index in [4.69, 9.17) is 10.5 Å². The Kier molecular flexibility index (Phi) is 13.0. The van der Waals surface area contributed by atoms with Crippen LogP contribution in [0.2, 0.25) is 0 Å². The first kappa shape index (κ1) is 34.3. The van der Waals surface area contributed by atoms with Gasteiger partial charge in [0.1, 0.15) is 17.7 Å². The topological polar surface area (TPSA) is 131 Å². The van der Waals surface area contributed by atoms with Gasteiger partial charge < -0.3 is 26.0 Å². The molecule has 2 aromatic rings. The second kappa shape index (κ2) is 15.9. The molecule has 2 unspecified atom stereocenters. The summed E-state index contributed by atoms with van der Waals surface area (Å²) in [6.07, 6.45) is 2.57. The van der Waals surface area contributed by atoms with Gasteiger partial charge in [-0.2, -0.15) is 0 Å². The summed E-state index contributed by atoms with van der Waals surface area (Å²) in [5, 5.41) is 5.67. The predicted molar refractivity (Wildman–Crippen MR) is 166 cm³/mol. The Bertz CT molecular complexity index is 1240. The number of aryl methyl sites for hydroxylation is 3. The number of benzene rings is 2. The van der Waals surface area contributed by atoms with Crippen LogP contribution in [-0.2, 0) is 19.1 Å². The number of alkyl carbamates (subject to hydrolysis) is 1. The molecule has 0 bridgehead atoms. The maximum Gasteiger partial charge on any atom is 0.408 e. The van der Waals surface area contributed by atoms with E-state index >= 15 is 0 Å².